The van der Waals surface area contributed by atoms with E-state index in [1.165, 1.54) is 6.42 Å². The maximum atomic E-state index is 11.7. The number of nitrogens with one attached hydrogen (secondary N) is 2. The molecule has 6 nitrogen and oxygen atoms in total. The van der Waals surface area contributed by atoms with Gasteiger partial charge in [-0.15, -0.1) is 24.0 Å². The number of hydrogen-bond acceptors (Lipinski definition) is 3. The van der Waals surface area contributed by atoms with Gasteiger partial charge in [0.05, 0.1) is 12.3 Å². The van der Waals surface area contributed by atoms with Crippen molar-refractivity contribution >= 4 is 40.0 Å². The summed E-state index contributed by atoms with van der Waals surface area (Å²) in [4.78, 5) is 4.01. The molecular formula is C12H25IN4O2S. The first-order valence-electron chi connectivity index (χ1n) is 6.54. The van der Waals surface area contributed by atoms with Crippen LogP contribution < -0.4 is 15.8 Å². The van der Waals surface area contributed by atoms with Gasteiger partial charge in [0.15, 0.2) is 5.96 Å². The van der Waals surface area contributed by atoms with Crippen molar-refractivity contribution in [1.29, 1.82) is 0 Å². The quantitative estimate of drug-likeness (QED) is 0.236. The van der Waals surface area contributed by atoms with Crippen molar-refractivity contribution in [1.82, 2.24) is 10.0 Å². The number of guanidine groups is 1. The molecular weight excluding hydrogens is 391 g/mol. The van der Waals surface area contributed by atoms with Gasteiger partial charge >= 0.3 is 0 Å². The van der Waals surface area contributed by atoms with Gasteiger partial charge in [-0.2, -0.15) is 0 Å². The molecule has 0 radical (unpaired) electrons. The lowest BCUT2D eigenvalue weighted by Crippen LogP contribution is -2.39. The largest absolute Gasteiger partial charge is 0.370 e. The van der Waals surface area contributed by atoms with E-state index in [0.29, 0.717) is 19.0 Å². The minimum atomic E-state index is -3.22. The Morgan fingerprint density at radius 1 is 1.45 bits per heavy atom. The first-order chi connectivity index (χ1) is 8.89. The number of halogens is 1. The molecule has 0 aromatic rings. The van der Waals surface area contributed by atoms with E-state index in [-0.39, 0.29) is 42.2 Å². The van der Waals surface area contributed by atoms with Crippen LogP contribution in [0.5, 0.6) is 0 Å². The Labute approximate surface area is 138 Å². The van der Waals surface area contributed by atoms with E-state index in [9.17, 15) is 8.42 Å². The molecule has 0 aliphatic heterocycles. The second kappa shape index (κ2) is 9.56. The topological polar surface area (TPSA) is 96.6 Å². The maximum Gasteiger partial charge on any atom is 0.213 e. The fourth-order valence-electron chi connectivity index (χ4n) is 1.60. The Hall–Kier alpha value is -0.350. The summed E-state index contributed by atoms with van der Waals surface area (Å²) in [5.74, 6) is 0.769. The van der Waals surface area contributed by atoms with Gasteiger partial charge in [-0.05, 0) is 25.7 Å². The van der Waals surface area contributed by atoms with Gasteiger partial charge in [-0.25, -0.2) is 18.1 Å². The van der Waals surface area contributed by atoms with Gasteiger partial charge in [0, 0.05) is 13.1 Å². The van der Waals surface area contributed by atoms with Gasteiger partial charge in [0.1, 0.15) is 0 Å². The van der Waals surface area contributed by atoms with E-state index in [0.717, 1.165) is 18.4 Å². The van der Waals surface area contributed by atoms with Crippen molar-refractivity contribution < 1.29 is 8.42 Å². The monoisotopic (exact) mass is 416 g/mol. The highest BCUT2D eigenvalue weighted by Gasteiger charge is 2.19. The minimum absolute atomic E-state index is 0. The van der Waals surface area contributed by atoms with Crippen LogP contribution in [-0.2, 0) is 10.0 Å². The number of sulfonamides is 1. The molecule has 118 valence electrons. The lowest BCUT2D eigenvalue weighted by molar-refractivity contribution is 0.316. The normalized spacial score (nSPS) is 16.1. The molecule has 0 unspecified atom stereocenters. The molecule has 1 aliphatic rings. The smallest absolute Gasteiger partial charge is 0.213 e. The molecule has 0 bridgehead atoms. The van der Waals surface area contributed by atoms with Crippen molar-refractivity contribution in [2.24, 2.45) is 16.6 Å². The highest BCUT2D eigenvalue weighted by molar-refractivity contribution is 14.0. The first-order valence-corrected chi connectivity index (χ1v) is 8.20. The molecule has 20 heavy (non-hydrogen) atoms. The van der Waals surface area contributed by atoms with Crippen LogP contribution in [0.25, 0.3) is 0 Å². The number of aliphatic imine (C=N–C) groups is 1. The fraction of sp³-hybridized carbons (Fsp3) is 0.750. The van der Waals surface area contributed by atoms with Gasteiger partial charge < -0.3 is 11.1 Å². The summed E-state index contributed by atoms with van der Waals surface area (Å²) >= 11 is 0. The summed E-state index contributed by atoms with van der Waals surface area (Å²) in [7, 11) is -3.22. The number of nitrogens with zero attached hydrogens (tertiary/aromatic N) is 1. The van der Waals surface area contributed by atoms with Crippen molar-refractivity contribution in [3.8, 4) is 0 Å². The third-order valence-electron chi connectivity index (χ3n) is 3.01. The first kappa shape index (κ1) is 19.7. The second-order valence-corrected chi connectivity index (χ2v) is 6.98. The zero-order chi connectivity index (χ0) is 14.3. The molecule has 0 aromatic carbocycles. The van der Waals surface area contributed by atoms with Crippen LogP contribution in [0.2, 0.25) is 0 Å². The summed E-state index contributed by atoms with van der Waals surface area (Å²) in [6.45, 7) is 6.82. The van der Waals surface area contributed by atoms with E-state index in [2.05, 4.69) is 21.6 Å². The lowest BCUT2D eigenvalue weighted by atomic mass is 9.86. The molecule has 1 fully saturated rings. The van der Waals surface area contributed by atoms with Gasteiger partial charge in [-0.1, -0.05) is 18.6 Å². The Morgan fingerprint density at radius 2 is 2.10 bits per heavy atom. The maximum absolute atomic E-state index is 11.7. The summed E-state index contributed by atoms with van der Waals surface area (Å²) in [5, 5.41) is 2.78. The van der Waals surface area contributed by atoms with Crippen LogP contribution in [0, 0.1) is 5.92 Å². The van der Waals surface area contributed by atoms with Crippen molar-refractivity contribution in [3.63, 3.8) is 0 Å². The predicted octanol–water partition coefficient (Wildman–Crippen LogP) is 0.804. The predicted molar refractivity (Wildman–Crippen MR) is 93.9 cm³/mol. The van der Waals surface area contributed by atoms with Gasteiger partial charge in [-0.3, -0.25) is 0 Å². The summed E-state index contributed by atoms with van der Waals surface area (Å²) in [6, 6.07) is 0. The Bertz CT molecular complexity index is 433. The van der Waals surface area contributed by atoms with Crippen molar-refractivity contribution in [3.05, 3.63) is 12.2 Å². The van der Waals surface area contributed by atoms with E-state index in [1.54, 1.807) is 0 Å². The van der Waals surface area contributed by atoms with Crippen LogP contribution in [0.3, 0.4) is 0 Å². The highest BCUT2D eigenvalue weighted by Crippen LogP contribution is 2.25. The SMILES string of the molecule is C=C(C)CN=C(N)NCCS(=O)(=O)NCC1CCC1.I. The summed E-state index contributed by atoms with van der Waals surface area (Å²) in [5.41, 5.74) is 6.49. The fourth-order valence-corrected chi connectivity index (χ4v) is 2.61. The molecule has 0 heterocycles. The molecule has 0 saturated heterocycles. The summed E-state index contributed by atoms with van der Waals surface area (Å²) in [6.07, 6.45) is 3.46. The number of hydrogen-bond donors (Lipinski definition) is 3. The van der Waals surface area contributed by atoms with Crippen molar-refractivity contribution in [2.75, 3.05) is 25.4 Å². The van der Waals surface area contributed by atoms with Crippen LogP contribution in [0.15, 0.2) is 17.1 Å². The van der Waals surface area contributed by atoms with Crippen LogP contribution in [-0.4, -0.2) is 39.8 Å². The van der Waals surface area contributed by atoms with Crippen molar-refractivity contribution in [2.45, 2.75) is 26.2 Å². The van der Waals surface area contributed by atoms with E-state index < -0.39 is 10.0 Å². The minimum Gasteiger partial charge on any atom is -0.370 e. The highest BCUT2D eigenvalue weighted by atomic mass is 127. The van der Waals surface area contributed by atoms with Crippen LogP contribution >= 0.6 is 24.0 Å². The van der Waals surface area contributed by atoms with E-state index in [1.807, 2.05) is 6.92 Å². The Balaban J connectivity index is 0.00000361. The number of rotatable bonds is 8. The summed E-state index contributed by atoms with van der Waals surface area (Å²) < 4.78 is 26.0. The molecule has 1 aliphatic carbocycles. The second-order valence-electron chi connectivity index (χ2n) is 5.05. The molecule has 0 amide bonds. The average molecular weight is 416 g/mol. The third-order valence-corrected chi connectivity index (χ3v) is 4.36. The molecule has 8 heteroatoms. The van der Waals surface area contributed by atoms with E-state index >= 15 is 0 Å². The lowest BCUT2D eigenvalue weighted by Gasteiger charge is -2.25. The Morgan fingerprint density at radius 3 is 2.60 bits per heavy atom. The zero-order valence-electron chi connectivity index (χ0n) is 11.9. The molecule has 1 rings (SSSR count). The zero-order valence-corrected chi connectivity index (χ0v) is 15.0. The molecule has 1 saturated carbocycles. The standard InChI is InChI=1S/C12H24N4O2S.HI/c1-10(2)8-15-12(13)14-6-7-19(17,18)16-9-11-4-3-5-11;/h11,16H,1,3-9H2,2H3,(H3,13,14,15);1H. The van der Waals surface area contributed by atoms with E-state index in [4.69, 9.17) is 5.73 Å². The number of nitrogens with two attached hydrogens (primary N) is 1. The van der Waals surface area contributed by atoms with Crippen LogP contribution in [0.1, 0.15) is 26.2 Å². The molecule has 0 spiro atoms. The molecule has 0 aromatic heterocycles. The molecule has 4 N–H and O–H groups in total. The Kier molecular flexibility index (Phi) is 9.39. The molecule has 0 atom stereocenters. The average Bonchev–Trinajstić information content (AvgIpc) is 2.23. The van der Waals surface area contributed by atoms with Gasteiger partial charge in [0.2, 0.25) is 10.0 Å². The van der Waals surface area contributed by atoms with Gasteiger partial charge in [0.25, 0.3) is 0 Å². The third kappa shape index (κ3) is 8.75. The van der Waals surface area contributed by atoms with Crippen LogP contribution in [0.4, 0.5) is 0 Å².